The monoisotopic (exact) mass is 327 g/mol. The minimum atomic E-state index is -2.98. The first-order valence-corrected chi connectivity index (χ1v) is 8.09. The van der Waals surface area contributed by atoms with E-state index in [2.05, 4.69) is 11.2 Å². The maximum atomic E-state index is 15.1. The maximum Gasteiger partial charge on any atom is 0.259 e. The van der Waals surface area contributed by atoms with E-state index in [4.69, 9.17) is 0 Å². The number of alkyl halides is 2. The predicted octanol–water partition coefficient (Wildman–Crippen LogP) is 5.15. The Balaban J connectivity index is 2.39. The smallest absolute Gasteiger partial charge is 0.259 e. The molecular formula is C19H19F2N3. The highest BCUT2D eigenvalue weighted by atomic mass is 19.3. The molecule has 1 aromatic heterocycles. The Kier molecular flexibility index (Phi) is 4.00. The van der Waals surface area contributed by atoms with Gasteiger partial charge < -0.3 is 0 Å². The highest BCUT2D eigenvalue weighted by Gasteiger charge is 2.56. The summed E-state index contributed by atoms with van der Waals surface area (Å²) in [5.74, 6) is -2.98. The fraction of sp³-hybridized carbons (Fsp3) is 0.368. The topological polar surface area (TPSA) is 39.9 Å². The molecule has 0 amide bonds. The lowest BCUT2D eigenvalue weighted by Gasteiger charge is -2.46. The number of halogens is 2. The molecule has 124 valence electrons. The van der Waals surface area contributed by atoms with Crippen molar-refractivity contribution in [3.8, 4) is 6.19 Å². The number of aromatic nitrogens is 1. The molecule has 0 aliphatic carbocycles. The first kappa shape index (κ1) is 16.4. The van der Waals surface area contributed by atoms with E-state index < -0.39 is 11.3 Å². The fourth-order valence-electron chi connectivity index (χ4n) is 3.74. The summed E-state index contributed by atoms with van der Waals surface area (Å²) in [5.41, 5.74) is 0.477. The van der Waals surface area contributed by atoms with Crippen LogP contribution in [0.5, 0.6) is 0 Å². The van der Waals surface area contributed by atoms with Gasteiger partial charge in [0.05, 0.1) is 23.0 Å². The Morgan fingerprint density at radius 1 is 1.21 bits per heavy atom. The van der Waals surface area contributed by atoms with Crippen LogP contribution in [0.15, 0.2) is 42.7 Å². The van der Waals surface area contributed by atoms with Crippen molar-refractivity contribution in [3.63, 3.8) is 0 Å². The number of rotatable bonds is 4. The van der Waals surface area contributed by atoms with Crippen LogP contribution in [-0.4, -0.2) is 10.9 Å². The summed E-state index contributed by atoms with van der Waals surface area (Å²) < 4.78 is 30.1. The van der Waals surface area contributed by atoms with E-state index in [-0.39, 0.29) is 0 Å². The van der Waals surface area contributed by atoms with Gasteiger partial charge in [0.1, 0.15) is 0 Å². The van der Waals surface area contributed by atoms with E-state index in [0.717, 1.165) is 13.3 Å². The second-order valence-corrected chi connectivity index (χ2v) is 6.24. The van der Waals surface area contributed by atoms with Crippen LogP contribution in [0.2, 0.25) is 0 Å². The second kappa shape index (κ2) is 5.86. The predicted molar refractivity (Wildman–Crippen MR) is 89.4 cm³/mol. The van der Waals surface area contributed by atoms with Crippen molar-refractivity contribution in [2.24, 2.45) is 0 Å². The molecule has 1 unspecified atom stereocenters. The van der Waals surface area contributed by atoms with Crippen molar-refractivity contribution < 1.29 is 8.78 Å². The Labute approximate surface area is 140 Å². The molecule has 0 N–H and O–H groups in total. The highest BCUT2D eigenvalue weighted by molar-refractivity contribution is 5.80. The van der Waals surface area contributed by atoms with Gasteiger partial charge in [-0.1, -0.05) is 38.0 Å². The molecule has 0 saturated heterocycles. The number of fused-ring (bicyclic) bond motifs is 2. The van der Waals surface area contributed by atoms with Crippen molar-refractivity contribution in [2.45, 2.75) is 44.4 Å². The highest BCUT2D eigenvalue weighted by Crippen LogP contribution is 2.57. The van der Waals surface area contributed by atoms with E-state index in [1.54, 1.807) is 30.3 Å². The Hall–Kier alpha value is -2.48. The van der Waals surface area contributed by atoms with Gasteiger partial charge in [-0.05, 0) is 29.7 Å². The standard InChI is InChI=1S/C19H19F2N3/c1-3-4-10-19(18(2,20)21)14-7-5-6-8-16(14)24(13-22)17-12-23-11-9-15(17)19/h5-9,11-12H,3-4,10H2,1-2H3. The number of unbranched alkanes of at least 4 members (excludes halogenated alkanes) is 1. The average Bonchev–Trinajstić information content (AvgIpc) is 2.57. The summed E-state index contributed by atoms with van der Waals surface area (Å²) in [7, 11) is 0. The number of hydrogen-bond donors (Lipinski definition) is 0. The van der Waals surface area contributed by atoms with Crippen molar-refractivity contribution >= 4 is 11.4 Å². The van der Waals surface area contributed by atoms with Crippen molar-refractivity contribution in [2.75, 3.05) is 4.90 Å². The molecule has 3 nitrogen and oxygen atoms in total. The summed E-state index contributed by atoms with van der Waals surface area (Å²) in [6.07, 6.45) is 6.95. The van der Waals surface area contributed by atoms with Crippen molar-refractivity contribution in [3.05, 3.63) is 53.9 Å². The number of nitriles is 1. The molecule has 0 bridgehead atoms. The van der Waals surface area contributed by atoms with Crippen LogP contribution in [0.3, 0.4) is 0 Å². The zero-order valence-electron chi connectivity index (χ0n) is 13.8. The molecule has 3 rings (SSSR count). The number of pyridine rings is 1. The normalized spacial score (nSPS) is 19.4. The average molecular weight is 327 g/mol. The van der Waals surface area contributed by atoms with Crippen LogP contribution < -0.4 is 4.90 Å². The molecular weight excluding hydrogens is 308 g/mol. The summed E-state index contributed by atoms with van der Waals surface area (Å²) in [4.78, 5) is 5.46. The third-order valence-electron chi connectivity index (χ3n) is 4.86. The summed E-state index contributed by atoms with van der Waals surface area (Å²) >= 11 is 0. The van der Waals surface area contributed by atoms with Gasteiger partial charge in [0.15, 0.2) is 6.19 Å². The molecule has 24 heavy (non-hydrogen) atoms. The van der Waals surface area contributed by atoms with Crippen LogP contribution in [0.25, 0.3) is 0 Å². The van der Waals surface area contributed by atoms with Crippen LogP contribution in [0.1, 0.15) is 44.2 Å². The van der Waals surface area contributed by atoms with Gasteiger partial charge >= 0.3 is 0 Å². The molecule has 5 heteroatoms. The zero-order chi connectivity index (χ0) is 17.4. The lowest BCUT2D eigenvalue weighted by atomic mass is 9.64. The Morgan fingerprint density at radius 2 is 1.92 bits per heavy atom. The van der Waals surface area contributed by atoms with E-state index in [9.17, 15) is 5.26 Å². The number of nitrogens with zero attached hydrogens (tertiary/aromatic N) is 3. The lowest BCUT2D eigenvalue weighted by molar-refractivity contribution is -0.0490. The molecule has 1 aliphatic rings. The molecule has 1 aromatic carbocycles. The van der Waals surface area contributed by atoms with Gasteiger partial charge in [-0.3, -0.25) is 4.98 Å². The molecule has 0 spiro atoms. The number of benzene rings is 1. The van der Waals surface area contributed by atoms with Crippen LogP contribution >= 0.6 is 0 Å². The van der Waals surface area contributed by atoms with Crippen molar-refractivity contribution in [1.82, 2.24) is 4.98 Å². The molecule has 1 aliphatic heterocycles. The quantitative estimate of drug-likeness (QED) is 0.729. The largest absolute Gasteiger partial charge is 0.262 e. The summed E-state index contributed by atoms with van der Waals surface area (Å²) in [5, 5.41) is 9.59. The Bertz CT molecular complexity index is 742. The Morgan fingerprint density at radius 3 is 2.58 bits per heavy atom. The summed E-state index contributed by atoms with van der Waals surface area (Å²) in [6, 6.07) is 8.59. The fourth-order valence-corrected chi connectivity index (χ4v) is 3.74. The lowest BCUT2D eigenvalue weighted by Crippen LogP contribution is -2.48. The minimum Gasteiger partial charge on any atom is -0.262 e. The maximum absolute atomic E-state index is 15.1. The van der Waals surface area contributed by atoms with Crippen LogP contribution in [0.4, 0.5) is 20.2 Å². The molecule has 2 heterocycles. The number of hydrogen-bond acceptors (Lipinski definition) is 3. The van der Waals surface area contributed by atoms with Gasteiger partial charge in [0, 0.05) is 13.1 Å². The molecule has 2 aromatic rings. The van der Waals surface area contributed by atoms with E-state index in [0.29, 0.717) is 35.3 Å². The minimum absolute atomic E-state index is 0.320. The zero-order valence-corrected chi connectivity index (χ0v) is 13.8. The number of anilines is 2. The second-order valence-electron chi connectivity index (χ2n) is 6.24. The van der Waals surface area contributed by atoms with Gasteiger partial charge in [-0.25, -0.2) is 13.7 Å². The number of para-hydroxylation sites is 1. The SMILES string of the molecule is CCCCC1(C(C)(F)F)c2ccccc2N(C#N)c2cnccc21. The molecule has 0 fully saturated rings. The van der Waals surface area contributed by atoms with E-state index in [1.165, 1.54) is 17.3 Å². The molecule has 0 saturated carbocycles. The molecule has 0 radical (unpaired) electrons. The first-order valence-electron chi connectivity index (χ1n) is 8.09. The third-order valence-corrected chi connectivity index (χ3v) is 4.86. The van der Waals surface area contributed by atoms with E-state index in [1.807, 2.05) is 6.92 Å². The summed E-state index contributed by atoms with van der Waals surface area (Å²) in [6.45, 7) is 2.97. The molecule has 1 atom stereocenters. The van der Waals surface area contributed by atoms with E-state index >= 15 is 8.78 Å². The van der Waals surface area contributed by atoms with Crippen LogP contribution in [-0.2, 0) is 5.41 Å². The van der Waals surface area contributed by atoms with Gasteiger partial charge in [-0.2, -0.15) is 5.26 Å². The van der Waals surface area contributed by atoms with Crippen molar-refractivity contribution in [1.29, 1.82) is 5.26 Å². The van der Waals surface area contributed by atoms with Gasteiger partial charge in [-0.15, -0.1) is 0 Å². The van der Waals surface area contributed by atoms with Gasteiger partial charge in [0.25, 0.3) is 5.92 Å². The first-order chi connectivity index (χ1) is 11.5. The third kappa shape index (κ3) is 2.17. The van der Waals surface area contributed by atoms with Gasteiger partial charge in [0.2, 0.25) is 0 Å². The van der Waals surface area contributed by atoms with Crippen LogP contribution in [0, 0.1) is 11.5 Å².